The van der Waals surface area contributed by atoms with Gasteiger partial charge >= 0.3 is 5.97 Å². The fourth-order valence-electron chi connectivity index (χ4n) is 3.54. The minimum Gasteiger partial charge on any atom is -0.497 e. The molecule has 0 fully saturated rings. The van der Waals surface area contributed by atoms with Crippen LogP contribution < -0.4 is 14.4 Å². The van der Waals surface area contributed by atoms with Crippen LogP contribution in [0.25, 0.3) is 0 Å². The molecule has 0 radical (unpaired) electrons. The first-order chi connectivity index (χ1) is 16.6. The summed E-state index contributed by atoms with van der Waals surface area (Å²) in [5.74, 6) is -0.484. The van der Waals surface area contributed by atoms with Gasteiger partial charge in [0.1, 0.15) is 17.2 Å². The van der Waals surface area contributed by atoms with E-state index >= 15 is 0 Å². The number of carbonyl (C=O) groups excluding carboxylic acids is 2. The minimum absolute atomic E-state index is 0.0439. The third kappa shape index (κ3) is 5.62. The number of esters is 1. The van der Waals surface area contributed by atoms with Crippen LogP contribution in [0, 0.1) is 13.8 Å². The highest BCUT2D eigenvalue weighted by Gasteiger charge is 2.32. The number of nitrogens with one attached hydrogen (secondary N) is 1. The van der Waals surface area contributed by atoms with E-state index in [0.717, 1.165) is 4.31 Å². The Hall–Kier alpha value is -3.86. The lowest BCUT2D eigenvalue weighted by Crippen LogP contribution is -2.38. The molecule has 0 unspecified atom stereocenters. The molecule has 0 aliphatic carbocycles. The molecular weight excluding hydrogens is 472 g/mol. The molecule has 11 heteroatoms. The number of hydrogen-bond acceptors (Lipinski definition) is 7. The normalized spacial score (nSPS) is 11.1. The number of aryl methyl sites for hydroxylation is 2. The number of methoxy groups -OCH3 is 1. The summed E-state index contributed by atoms with van der Waals surface area (Å²) in [6.07, 6.45) is 0. The van der Waals surface area contributed by atoms with Gasteiger partial charge in [-0.3, -0.25) is 13.8 Å². The number of anilines is 2. The van der Waals surface area contributed by atoms with Crippen LogP contribution in [0.3, 0.4) is 0 Å². The average molecular weight is 501 g/mol. The minimum atomic E-state index is -4.14. The summed E-state index contributed by atoms with van der Waals surface area (Å²) in [6.45, 7) is 4.75. The van der Waals surface area contributed by atoms with Crippen molar-refractivity contribution in [3.63, 3.8) is 0 Å². The van der Waals surface area contributed by atoms with Crippen LogP contribution in [0.15, 0.2) is 53.4 Å². The van der Waals surface area contributed by atoms with E-state index in [-0.39, 0.29) is 11.5 Å². The van der Waals surface area contributed by atoms with E-state index in [1.807, 2.05) is 0 Å². The van der Waals surface area contributed by atoms with E-state index in [0.29, 0.717) is 34.1 Å². The lowest BCUT2D eigenvalue weighted by Gasteiger charge is -2.24. The Morgan fingerprint density at radius 1 is 1.06 bits per heavy atom. The highest BCUT2D eigenvalue weighted by atomic mass is 32.2. The molecule has 0 spiro atoms. The molecule has 1 aromatic heterocycles. The third-order valence-electron chi connectivity index (χ3n) is 5.32. The van der Waals surface area contributed by atoms with Crippen molar-refractivity contribution >= 4 is 33.3 Å². The molecule has 0 bridgehead atoms. The van der Waals surface area contributed by atoms with E-state index in [9.17, 15) is 18.0 Å². The Bertz CT molecular complexity index is 1320. The van der Waals surface area contributed by atoms with Crippen molar-refractivity contribution in [1.29, 1.82) is 0 Å². The van der Waals surface area contributed by atoms with Crippen LogP contribution in [0.1, 0.15) is 28.7 Å². The molecular formula is C24H28N4O6S. The first-order valence-electron chi connectivity index (χ1n) is 10.8. The Morgan fingerprint density at radius 3 is 2.20 bits per heavy atom. The third-order valence-corrected chi connectivity index (χ3v) is 7.35. The quantitative estimate of drug-likeness (QED) is 0.449. The number of hydrogen-bond donors (Lipinski definition) is 1. The van der Waals surface area contributed by atoms with Gasteiger partial charge in [0, 0.05) is 12.7 Å². The van der Waals surface area contributed by atoms with Gasteiger partial charge in [-0.2, -0.15) is 5.10 Å². The summed E-state index contributed by atoms with van der Waals surface area (Å²) in [6, 6.07) is 12.5. The molecule has 1 heterocycles. The standard InChI is InChI=1S/C24H28N4O6S/c1-6-34-24(30)18-7-9-19(10-8-18)25-22(29)15-28(20-11-13-21(33-5)14-12-20)35(31,32)23-16(2)26-27(4)17(23)3/h7-14H,6,15H2,1-5H3,(H,25,29). The van der Waals surface area contributed by atoms with E-state index in [2.05, 4.69) is 10.4 Å². The van der Waals surface area contributed by atoms with Crippen molar-refractivity contribution in [2.24, 2.45) is 7.05 Å². The number of aromatic nitrogens is 2. The predicted molar refractivity (Wildman–Crippen MR) is 131 cm³/mol. The molecule has 0 aliphatic rings. The smallest absolute Gasteiger partial charge is 0.338 e. The van der Waals surface area contributed by atoms with Gasteiger partial charge in [-0.25, -0.2) is 13.2 Å². The zero-order chi connectivity index (χ0) is 25.8. The first kappa shape index (κ1) is 25.8. The Kier molecular flexibility index (Phi) is 7.80. The predicted octanol–water partition coefficient (Wildman–Crippen LogP) is 3.06. The maximum Gasteiger partial charge on any atom is 0.338 e. The van der Waals surface area contributed by atoms with Gasteiger partial charge in [0.25, 0.3) is 10.0 Å². The van der Waals surface area contributed by atoms with Gasteiger partial charge in [-0.1, -0.05) is 0 Å². The molecule has 0 aliphatic heterocycles. The van der Waals surface area contributed by atoms with Crippen molar-refractivity contribution in [3.05, 3.63) is 65.5 Å². The molecule has 10 nitrogen and oxygen atoms in total. The fourth-order valence-corrected chi connectivity index (χ4v) is 5.36. The van der Waals surface area contributed by atoms with E-state index < -0.39 is 28.4 Å². The molecule has 1 amide bonds. The summed E-state index contributed by atoms with van der Waals surface area (Å²) in [4.78, 5) is 24.8. The lowest BCUT2D eigenvalue weighted by molar-refractivity contribution is -0.114. The maximum atomic E-state index is 13.7. The Labute approximate surface area is 204 Å². The van der Waals surface area contributed by atoms with Crippen molar-refractivity contribution in [3.8, 4) is 5.75 Å². The van der Waals surface area contributed by atoms with Crippen molar-refractivity contribution in [2.45, 2.75) is 25.7 Å². The van der Waals surface area contributed by atoms with Crippen molar-refractivity contribution < 1.29 is 27.5 Å². The van der Waals surface area contributed by atoms with Crippen LogP contribution in [0.4, 0.5) is 11.4 Å². The second-order valence-electron chi connectivity index (χ2n) is 7.68. The fraction of sp³-hybridized carbons (Fsp3) is 0.292. The molecule has 2 aromatic carbocycles. The topological polar surface area (TPSA) is 120 Å². The second kappa shape index (κ2) is 10.6. The van der Waals surface area contributed by atoms with Crippen LogP contribution in [-0.2, 0) is 26.6 Å². The largest absolute Gasteiger partial charge is 0.497 e. The van der Waals surface area contributed by atoms with Crippen LogP contribution >= 0.6 is 0 Å². The van der Waals surface area contributed by atoms with Crippen molar-refractivity contribution in [2.75, 3.05) is 29.9 Å². The summed E-state index contributed by atoms with van der Waals surface area (Å²) in [5, 5.41) is 6.89. The number of benzene rings is 2. The van der Waals surface area contributed by atoms with Gasteiger partial charge in [0.15, 0.2) is 0 Å². The van der Waals surface area contributed by atoms with E-state index in [1.165, 1.54) is 23.9 Å². The first-order valence-corrected chi connectivity index (χ1v) is 12.3. The van der Waals surface area contributed by atoms with Crippen LogP contribution in [-0.4, -0.2) is 50.3 Å². The number of sulfonamides is 1. The number of rotatable bonds is 9. The highest BCUT2D eigenvalue weighted by molar-refractivity contribution is 7.93. The molecule has 3 aromatic rings. The summed E-state index contributed by atoms with van der Waals surface area (Å²) in [5.41, 5.74) is 1.83. The molecule has 0 saturated carbocycles. The second-order valence-corrected chi connectivity index (χ2v) is 9.48. The summed E-state index contributed by atoms with van der Waals surface area (Å²) >= 11 is 0. The molecule has 3 rings (SSSR count). The Morgan fingerprint density at radius 2 is 1.69 bits per heavy atom. The van der Waals surface area contributed by atoms with Gasteiger partial charge in [-0.05, 0) is 69.3 Å². The Balaban J connectivity index is 1.91. The SMILES string of the molecule is CCOC(=O)c1ccc(NC(=O)CN(c2ccc(OC)cc2)S(=O)(=O)c2c(C)nn(C)c2C)cc1. The number of amides is 1. The summed E-state index contributed by atoms with van der Waals surface area (Å²) < 4.78 is 40.1. The monoisotopic (exact) mass is 500 g/mol. The molecule has 186 valence electrons. The zero-order valence-electron chi connectivity index (χ0n) is 20.2. The van der Waals surface area contributed by atoms with E-state index in [1.54, 1.807) is 64.2 Å². The van der Waals surface area contributed by atoms with Crippen LogP contribution in [0.5, 0.6) is 5.75 Å². The van der Waals surface area contributed by atoms with Gasteiger partial charge in [0.2, 0.25) is 5.91 Å². The maximum absolute atomic E-state index is 13.7. The summed E-state index contributed by atoms with van der Waals surface area (Å²) in [7, 11) is -0.974. The molecule has 0 atom stereocenters. The van der Waals surface area contributed by atoms with Crippen molar-refractivity contribution in [1.82, 2.24) is 9.78 Å². The number of nitrogens with zero attached hydrogens (tertiary/aromatic N) is 3. The molecule has 0 saturated heterocycles. The van der Waals surface area contributed by atoms with Gasteiger partial charge < -0.3 is 14.8 Å². The highest BCUT2D eigenvalue weighted by Crippen LogP contribution is 2.29. The lowest BCUT2D eigenvalue weighted by atomic mass is 10.2. The molecule has 1 N–H and O–H groups in total. The zero-order valence-corrected chi connectivity index (χ0v) is 21.0. The van der Waals surface area contributed by atoms with Crippen LogP contribution in [0.2, 0.25) is 0 Å². The van der Waals surface area contributed by atoms with Gasteiger partial charge in [-0.15, -0.1) is 0 Å². The molecule has 35 heavy (non-hydrogen) atoms. The average Bonchev–Trinajstić information content (AvgIpc) is 3.09. The van der Waals surface area contributed by atoms with E-state index in [4.69, 9.17) is 9.47 Å². The number of ether oxygens (including phenoxy) is 2. The number of carbonyl (C=O) groups is 2. The van der Waals surface area contributed by atoms with Gasteiger partial charge in [0.05, 0.1) is 36.4 Å².